The molecular weight excluding hydrogens is 252 g/mol. The lowest BCUT2D eigenvalue weighted by Gasteiger charge is -2.21. The maximum atomic E-state index is 12.0. The van der Waals surface area contributed by atoms with Crippen molar-refractivity contribution in [2.45, 2.75) is 44.9 Å². The van der Waals surface area contributed by atoms with E-state index in [-0.39, 0.29) is 24.4 Å². The van der Waals surface area contributed by atoms with E-state index < -0.39 is 18.2 Å². The molecule has 1 heterocycles. The molecule has 2 amide bonds. The second-order valence-electron chi connectivity index (χ2n) is 4.95. The predicted octanol–water partition coefficient (Wildman–Crippen LogP) is -0.398. The zero-order valence-electron chi connectivity index (χ0n) is 11.4. The van der Waals surface area contributed by atoms with Crippen LogP contribution in [0, 0.1) is 0 Å². The van der Waals surface area contributed by atoms with Crippen LogP contribution in [-0.4, -0.2) is 59.6 Å². The third-order valence-corrected chi connectivity index (χ3v) is 2.78. The number of hydrogen-bond acceptors (Lipinski definition) is 4. The zero-order chi connectivity index (χ0) is 14.6. The SMILES string of the molecule is CC(C)NC(=O)CN(C)C(=O)[C@@H]1CC[C@H](C(=O)O)O1. The van der Waals surface area contributed by atoms with Crippen LogP contribution in [0.3, 0.4) is 0 Å². The first-order valence-electron chi connectivity index (χ1n) is 6.24. The molecule has 0 spiro atoms. The average molecular weight is 272 g/mol. The van der Waals surface area contributed by atoms with Gasteiger partial charge in [-0.15, -0.1) is 0 Å². The molecule has 1 saturated heterocycles. The van der Waals surface area contributed by atoms with Crippen LogP contribution in [0.4, 0.5) is 0 Å². The number of carbonyl (C=O) groups excluding carboxylic acids is 2. The quantitative estimate of drug-likeness (QED) is 0.710. The van der Waals surface area contributed by atoms with Crippen molar-refractivity contribution in [3.8, 4) is 0 Å². The van der Waals surface area contributed by atoms with Gasteiger partial charge in [-0.1, -0.05) is 0 Å². The third kappa shape index (κ3) is 4.51. The minimum atomic E-state index is -1.06. The van der Waals surface area contributed by atoms with Gasteiger partial charge in [0.15, 0.2) is 6.10 Å². The summed E-state index contributed by atoms with van der Waals surface area (Å²) in [5.74, 6) is -1.67. The van der Waals surface area contributed by atoms with Gasteiger partial charge in [0.1, 0.15) is 6.10 Å². The van der Waals surface area contributed by atoms with Gasteiger partial charge in [-0.3, -0.25) is 9.59 Å². The number of ether oxygens (including phenoxy) is 1. The van der Waals surface area contributed by atoms with Crippen LogP contribution < -0.4 is 5.32 Å². The molecule has 2 atom stereocenters. The molecule has 7 heteroatoms. The Balaban J connectivity index is 2.45. The first kappa shape index (κ1) is 15.4. The highest BCUT2D eigenvalue weighted by Crippen LogP contribution is 2.21. The smallest absolute Gasteiger partial charge is 0.332 e. The van der Waals surface area contributed by atoms with Crippen LogP contribution in [0.2, 0.25) is 0 Å². The Labute approximate surface area is 111 Å². The number of nitrogens with zero attached hydrogens (tertiary/aromatic N) is 1. The van der Waals surface area contributed by atoms with Crippen LogP contribution in [0.5, 0.6) is 0 Å². The molecule has 7 nitrogen and oxygen atoms in total. The van der Waals surface area contributed by atoms with Crippen molar-refractivity contribution in [2.24, 2.45) is 0 Å². The van der Waals surface area contributed by atoms with E-state index in [2.05, 4.69) is 5.32 Å². The van der Waals surface area contributed by atoms with Crippen molar-refractivity contribution in [3.05, 3.63) is 0 Å². The molecular formula is C12H20N2O5. The number of amides is 2. The lowest BCUT2D eigenvalue weighted by molar-refractivity contribution is -0.155. The second kappa shape index (κ2) is 6.51. The number of nitrogens with one attached hydrogen (secondary N) is 1. The summed E-state index contributed by atoms with van der Waals surface area (Å²) in [6.07, 6.45) is -1.01. The van der Waals surface area contributed by atoms with Crippen LogP contribution in [-0.2, 0) is 19.1 Å². The summed E-state index contributed by atoms with van der Waals surface area (Å²) in [7, 11) is 1.50. The molecule has 1 aliphatic rings. The summed E-state index contributed by atoms with van der Waals surface area (Å²) in [5, 5.41) is 11.5. The van der Waals surface area contributed by atoms with Crippen molar-refractivity contribution in [2.75, 3.05) is 13.6 Å². The maximum Gasteiger partial charge on any atom is 0.332 e. The van der Waals surface area contributed by atoms with E-state index in [4.69, 9.17) is 9.84 Å². The number of carboxylic acids is 1. The Hall–Kier alpha value is -1.63. The van der Waals surface area contributed by atoms with E-state index in [0.29, 0.717) is 12.8 Å². The summed E-state index contributed by atoms with van der Waals surface area (Å²) in [6, 6.07) is 0.00937. The molecule has 0 aromatic carbocycles. The zero-order valence-corrected chi connectivity index (χ0v) is 11.4. The Morgan fingerprint density at radius 1 is 1.32 bits per heavy atom. The molecule has 1 fully saturated rings. The summed E-state index contributed by atoms with van der Waals surface area (Å²) in [6.45, 7) is 3.60. The molecule has 2 N–H and O–H groups in total. The largest absolute Gasteiger partial charge is 0.479 e. The summed E-state index contributed by atoms with van der Waals surface area (Å²) in [4.78, 5) is 35.5. The molecule has 0 bridgehead atoms. The minimum Gasteiger partial charge on any atom is -0.479 e. The number of carboxylic acid groups (broad SMARTS) is 1. The van der Waals surface area contributed by atoms with Gasteiger partial charge in [0.25, 0.3) is 5.91 Å². The topological polar surface area (TPSA) is 95.9 Å². The second-order valence-corrected chi connectivity index (χ2v) is 4.95. The fourth-order valence-corrected chi connectivity index (χ4v) is 1.91. The van der Waals surface area contributed by atoms with E-state index in [1.165, 1.54) is 11.9 Å². The first-order valence-corrected chi connectivity index (χ1v) is 6.24. The van der Waals surface area contributed by atoms with Crippen molar-refractivity contribution in [3.63, 3.8) is 0 Å². The van der Waals surface area contributed by atoms with E-state index in [1.807, 2.05) is 13.8 Å². The third-order valence-electron chi connectivity index (χ3n) is 2.78. The van der Waals surface area contributed by atoms with Crippen molar-refractivity contribution in [1.82, 2.24) is 10.2 Å². The van der Waals surface area contributed by atoms with Crippen LogP contribution >= 0.6 is 0 Å². The minimum absolute atomic E-state index is 0.00937. The van der Waals surface area contributed by atoms with Crippen molar-refractivity contribution < 1.29 is 24.2 Å². The molecule has 1 rings (SSSR count). The number of carbonyl (C=O) groups is 3. The lowest BCUT2D eigenvalue weighted by atomic mass is 10.2. The van der Waals surface area contributed by atoms with E-state index in [0.717, 1.165) is 0 Å². The first-order chi connectivity index (χ1) is 8.81. The molecule has 0 radical (unpaired) electrons. The van der Waals surface area contributed by atoms with Gasteiger partial charge in [-0.25, -0.2) is 4.79 Å². The Morgan fingerprint density at radius 2 is 1.89 bits per heavy atom. The fourth-order valence-electron chi connectivity index (χ4n) is 1.91. The van der Waals surface area contributed by atoms with Crippen LogP contribution in [0.1, 0.15) is 26.7 Å². The highest BCUT2D eigenvalue weighted by molar-refractivity contribution is 5.87. The lowest BCUT2D eigenvalue weighted by Crippen LogP contribution is -2.44. The van der Waals surface area contributed by atoms with E-state index in [1.54, 1.807) is 0 Å². The monoisotopic (exact) mass is 272 g/mol. The predicted molar refractivity (Wildman–Crippen MR) is 66.4 cm³/mol. The normalized spacial score (nSPS) is 22.3. The van der Waals surface area contributed by atoms with Crippen molar-refractivity contribution >= 4 is 17.8 Å². The van der Waals surface area contributed by atoms with Crippen LogP contribution in [0.25, 0.3) is 0 Å². The Morgan fingerprint density at radius 3 is 2.37 bits per heavy atom. The van der Waals surface area contributed by atoms with Gasteiger partial charge in [0, 0.05) is 13.1 Å². The van der Waals surface area contributed by atoms with Gasteiger partial charge < -0.3 is 20.1 Å². The average Bonchev–Trinajstić information content (AvgIpc) is 2.75. The Bertz CT molecular complexity index is 369. The van der Waals surface area contributed by atoms with Gasteiger partial charge in [0.2, 0.25) is 5.91 Å². The van der Waals surface area contributed by atoms with Gasteiger partial charge >= 0.3 is 5.97 Å². The number of aliphatic carboxylic acids is 1. The summed E-state index contributed by atoms with van der Waals surface area (Å²) < 4.78 is 5.15. The highest BCUT2D eigenvalue weighted by atomic mass is 16.5. The van der Waals surface area contributed by atoms with E-state index in [9.17, 15) is 14.4 Å². The highest BCUT2D eigenvalue weighted by Gasteiger charge is 2.36. The van der Waals surface area contributed by atoms with Gasteiger partial charge in [-0.05, 0) is 26.7 Å². The molecule has 1 aliphatic heterocycles. The summed E-state index contributed by atoms with van der Waals surface area (Å²) >= 11 is 0. The fraction of sp³-hybridized carbons (Fsp3) is 0.750. The Kier molecular flexibility index (Phi) is 5.29. The number of rotatable bonds is 5. The van der Waals surface area contributed by atoms with Crippen LogP contribution in [0.15, 0.2) is 0 Å². The molecule has 0 aromatic rings. The van der Waals surface area contributed by atoms with Gasteiger partial charge in [0.05, 0.1) is 6.54 Å². The van der Waals surface area contributed by atoms with Gasteiger partial charge in [-0.2, -0.15) is 0 Å². The number of likely N-dealkylation sites (N-methyl/N-ethyl adjacent to an activating group) is 1. The standard InChI is InChI=1S/C12H20N2O5/c1-7(2)13-10(15)6-14(3)11(16)8-4-5-9(19-8)12(17)18/h7-9H,4-6H2,1-3H3,(H,13,15)(H,17,18)/t8-,9+/m0/s1. The number of hydrogen-bond donors (Lipinski definition) is 2. The molecule has 0 unspecified atom stereocenters. The summed E-state index contributed by atoms with van der Waals surface area (Å²) in [5.41, 5.74) is 0. The maximum absolute atomic E-state index is 12.0. The molecule has 0 saturated carbocycles. The molecule has 0 aliphatic carbocycles. The van der Waals surface area contributed by atoms with E-state index >= 15 is 0 Å². The molecule has 0 aromatic heterocycles. The molecule has 108 valence electrons. The van der Waals surface area contributed by atoms with Crippen molar-refractivity contribution in [1.29, 1.82) is 0 Å². The molecule has 19 heavy (non-hydrogen) atoms.